The lowest BCUT2D eigenvalue weighted by Gasteiger charge is -2.13. The lowest BCUT2D eigenvalue weighted by Crippen LogP contribution is -2.37. The lowest BCUT2D eigenvalue weighted by molar-refractivity contribution is -0.137. The third-order valence-corrected chi connectivity index (χ3v) is 2.50. The average Bonchev–Trinajstić information content (AvgIpc) is 2.39. The number of carbonyl (C=O) groups excluding carboxylic acids is 2. The fourth-order valence-electron chi connectivity index (χ4n) is 1.36. The molecule has 18 heavy (non-hydrogen) atoms. The van der Waals surface area contributed by atoms with Crippen molar-refractivity contribution in [1.29, 1.82) is 0 Å². The van der Waals surface area contributed by atoms with Gasteiger partial charge in [0, 0.05) is 18.9 Å². The van der Waals surface area contributed by atoms with Crippen molar-refractivity contribution in [3.05, 3.63) is 24.3 Å². The summed E-state index contributed by atoms with van der Waals surface area (Å²) in [6.45, 7) is 0. The van der Waals surface area contributed by atoms with Crippen LogP contribution in [0.1, 0.15) is 0 Å². The van der Waals surface area contributed by atoms with Gasteiger partial charge in [-0.2, -0.15) is 0 Å². The van der Waals surface area contributed by atoms with Gasteiger partial charge in [-0.1, -0.05) is 6.07 Å². The molecular weight excluding hydrogens is 258 g/mol. The Morgan fingerprint density at radius 2 is 2.11 bits per heavy atom. The zero-order valence-electron chi connectivity index (χ0n) is 10.1. The van der Waals surface area contributed by atoms with E-state index < -0.39 is 17.8 Å². The third-order valence-electron chi connectivity index (χ3n) is 2.24. The van der Waals surface area contributed by atoms with Gasteiger partial charge in [0.25, 0.3) is 5.91 Å². The van der Waals surface area contributed by atoms with E-state index in [0.717, 1.165) is 0 Å². The number of ketones is 1. The van der Waals surface area contributed by atoms with E-state index in [1.165, 1.54) is 14.2 Å². The second-order valence-corrected chi connectivity index (χ2v) is 3.70. The molecule has 0 saturated heterocycles. The van der Waals surface area contributed by atoms with Gasteiger partial charge in [0.1, 0.15) is 5.75 Å². The number of hydrogen-bond acceptors (Lipinski definition) is 4. The number of ether oxygens (including phenoxy) is 2. The van der Waals surface area contributed by atoms with Gasteiger partial charge in [-0.25, -0.2) is 0 Å². The monoisotopic (exact) mass is 271 g/mol. The second kappa shape index (κ2) is 6.98. The molecule has 0 radical (unpaired) electrons. The van der Waals surface area contributed by atoms with Gasteiger partial charge in [-0.3, -0.25) is 9.59 Å². The number of hydrogen-bond donors (Lipinski definition) is 1. The number of halogens is 1. The number of carbonyl (C=O) groups is 2. The Balaban J connectivity index is 2.76. The van der Waals surface area contributed by atoms with Gasteiger partial charge in [0.05, 0.1) is 13.0 Å². The second-order valence-electron chi connectivity index (χ2n) is 3.44. The van der Waals surface area contributed by atoms with E-state index >= 15 is 0 Å². The Labute approximate surface area is 110 Å². The highest BCUT2D eigenvalue weighted by Crippen LogP contribution is 2.17. The molecule has 98 valence electrons. The molecule has 1 unspecified atom stereocenters. The van der Waals surface area contributed by atoms with Gasteiger partial charge >= 0.3 is 0 Å². The summed E-state index contributed by atoms with van der Waals surface area (Å²) in [6.07, 6.45) is -1.20. The van der Waals surface area contributed by atoms with E-state index in [1.54, 1.807) is 24.3 Å². The molecule has 1 amide bonds. The zero-order valence-corrected chi connectivity index (χ0v) is 10.9. The molecule has 0 fully saturated rings. The predicted octanol–water partition coefficient (Wildman–Crippen LogP) is 1.46. The lowest BCUT2D eigenvalue weighted by atomic mass is 10.2. The summed E-state index contributed by atoms with van der Waals surface area (Å²) >= 11 is 5.39. The number of alkyl halides is 1. The Kier molecular flexibility index (Phi) is 5.61. The van der Waals surface area contributed by atoms with E-state index in [0.29, 0.717) is 11.4 Å². The van der Waals surface area contributed by atoms with Gasteiger partial charge in [-0.15, -0.1) is 11.6 Å². The first kappa shape index (κ1) is 14.5. The number of Topliss-reactive ketones (excluding diaryl/α,β-unsaturated/α-hetero) is 1. The number of nitrogens with one attached hydrogen (secondary N) is 1. The molecule has 0 aliphatic carbocycles. The largest absolute Gasteiger partial charge is 0.497 e. The Hall–Kier alpha value is -1.59. The molecule has 0 aromatic heterocycles. The fraction of sp³-hybridized carbons (Fsp3) is 0.333. The quantitative estimate of drug-likeness (QED) is 0.628. The van der Waals surface area contributed by atoms with Crippen molar-refractivity contribution in [2.45, 2.75) is 6.10 Å². The maximum Gasteiger partial charge on any atom is 0.261 e. The molecule has 0 heterocycles. The van der Waals surface area contributed by atoms with Gasteiger partial charge < -0.3 is 14.8 Å². The number of amides is 1. The van der Waals surface area contributed by atoms with Crippen LogP contribution in [0.3, 0.4) is 0 Å². The van der Waals surface area contributed by atoms with Crippen molar-refractivity contribution in [2.75, 3.05) is 25.4 Å². The van der Waals surface area contributed by atoms with Crippen LogP contribution in [-0.2, 0) is 14.3 Å². The summed E-state index contributed by atoms with van der Waals surface area (Å²) in [7, 11) is 2.80. The molecule has 1 aromatic carbocycles. The molecule has 1 N–H and O–H groups in total. The van der Waals surface area contributed by atoms with Gasteiger partial charge in [-0.05, 0) is 12.1 Å². The van der Waals surface area contributed by atoms with E-state index in [4.69, 9.17) is 21.1 Å². The van der Waals surface area contributed by atoms with Crippen molar-refractivity contribution in [1.82, 2.24) is 0 Å². The SMILES string of the molecule is COc1cccc(NC(=O)C(OC)C(=O)CCl)c1. The van der Waals surface area contributed by atoms with Crippen molar-refractivity contribution in [3.63, 3.8) is 0 Å². The van der Waals surface area contributed by atoms with Crippen LogP contribution in [0.15, 0.2) is 24.3 Å². The smallest absolute Gasteiger partial charge is 0.261 e. The molecule has 1 atom stereocenters. The third kappa shape index (κ3) is 3.72. The molecular formula is C12H14ClNO4. The minimum absolute atomic E-state index is 0.274. The van der Waals surface area contributed by atoms with Gasteiger partial charge in [0.15, 0.2) is 11.9 Å². The number of anilines is 1. The van der Waals surface area contributed by atoms with E-state index in [-0.39, 0.29) is 5.88 Å². The van der Waals surface area contributed by atoms with Crippen LogP contribution in [0, 0.1) is 0 Å². The molecule has 0 aliphatic heterocycles. The summed E-state index contributed by atoms with van der Waals surface area (Å²) in [6, 6.07) is 6.78. The summed E-state index contributed by atoms with van der Waals surface area (Å²) < 4.78 is 9.84. The Morgan fingerprint density at radius 3 is 2.67 bits per heavy atom. The minimum atomic E-state index is -1.20. The van der Waals surface area contributed by atoms with Crippen LogP contribution < -0.4 is 10.1 Å². The standard InChI is InChI=1S/C12H14ClNO4/c1-17-9-5-3-4-8(6-9)14-12(16)11(18-2)10(15)7-13/h3-6,11H,7H2,1-2H3,(H,14,16). The molecule has 5 nitrogen and oxygen atoms in total. The Bertz CT molecular complexity index is 436. The molecule has 0 aliphatic rings. The first-order chi connectivity index (χ1) is 8.62. The molecule has 0 bridgehead atoms. The predicted molar refractivity (Wildman–Crippen MR) is 68.1 cm³/mol. The van der Waals surface area contributed by atoms with Crippen LogP contribution in [0.2, 0.25) is 0 Å². The Morgan fingerprint density at radius 1 is 1.39 bits per heavy atom. The molecule has 6 heteroatoms. The number of methoxy groups -OCH3 is 2. The van der Waals surface area contributed by atoms with E-state index in [9.17, 15) is 9.59 Å². The molecule has 0 spiro atoms. The zero-order chi connectivity index (χ0) is 13.5. The number of benzene rings is 1. The summed E-state index contributed by atoms with van der Waals surface area (Å²) in [5.41, 5.74) is 0.517. The van der Waals surface area contributed by atoms with Gasteiger partial charge in [0.2, 0.25) is 0 Å². The van der Waals surface area contributed by atoms with E-state index in [2.05, 4.69) is 5.32 Å². The summed E-state index contributed by atoms with van der Waals surface area (Å²) in [4.78, 5) is 23.1. The molecule has 0 saturated carbocycles. The normalized spacial score (nSPS) is 11.7. The average molecular weight is 272 g/mol. The van der Waals surface area contributed by atoms with Crippen LogP contribution in [0.4, 0.5) is 5.69 Å². The van der Waals surface area contributed by atoms with Crippen LogP contribution in [0.5, 0.6) is 5.75 Å². The topological polar surface area (TPSA) is 64.6 Å². The van der Waals surface area contributed by atoms with Crippen molar-refractivity contribution in [2.24, 2.45) is 0 Å². The fourth-order valence-corrected chi connectivity index (χ4v) is 1.50. The van der Waals surface area contributed by atoms with Crippen molar-refractivity contribution >= 4 is 29.0 Å². The maximum absolute atomic E-state index is 11.8. The highest BCUT2D eigenvalue weighted by atomic mass is 35.5. The van der Waals surface area contributed by atoms with Crippen LogP contribution >= 0.6 is 11.6 Å². The molecule has 1 rings (SSSR count). The minimum Gasteiger partial charge on any atom is -0.497 e. The van der Waals surface area contributed by atoms with Crippen molar-refractivity contribution in [3.8, 4) is 5.75 Å². The number of rotatable bonds is 6. The van der Waals surface area contributed by atoms with Crippen LogP contribution in [0.25, 0.3) is 0 Å². The molecule has 1 aromatic rings. The van der Waals surface area contributed by atoms with E-state index in [1.807, 2.05) is 0 Å². The summed E-state index contributed by atoms with van der Waals surface area (Å²) in [5, 5.41) is 2.56. The van der Waals surface area contributed by atoms with Crippen LogP contribution in [-0.4, -0.2) is 37.9 Å². The highest BCUT2D eigenvalue weighted by Gasteiger charge is 2.25. The van der Waals surface area contributed by atoms with Crippen molar-refractivity contribution < 1.29 is 19.1 Å². The summed E-state index contributed by atoms with van der Waals surface area (Å²) in [5.74, 6) is -0.717. The maximum atomic E-state index is 11.8. The highest BCUT2D eigenvalue weighted by molar-refractivity contribution is 6.30. The first-order valence-electron chi connectivity index (χ1n) is 5.18. The first-order valence-corrected chi connectivity index (χ1v) is 5.72.